The van der Waals surface area contributed by atoms with Crippen LogP contribution in [0.3, 0.4) is 0 Å². The highest BCUT2D eigenvalue weighted by Crippen LogP contribution is 2.21. The number of hydrogen-bond donors (Lipinski definition) is 1. The zero-order valence-corrected chi connectivity index (χ0v) is 11.6. The van der Waals surface area contributed by atoms with Crippen molar-refractivity contribution in [2.24, 2.45) is 0 Å². The number of aromatic nitrogens is 4. The molecule has 0 atom stereocenters. The molecule has 2 aromatic heterocycles. The third-order valence-electron chi connectivity index (χ3n) is 3.53. The Morgan fingerprint density at radius 2 is 2.11 bits per heavy atom. The molecule has 0 radical (unpaired) electrons. The van der Waals surface area contributed by atoms with Gasteiger partial charge in [-0.2, -0.15) is 10.1 Å². The van der Waals surface area contributed by atoms with Gasteiger partial charge in [0.15, 0.2) is 5.82 Å². The van der Waals surface area contributed by atoms with Crippen LogP contribution in [0.2, 0.25) is 0 Å². The van der Waals surface area contributed by atoms with Crippen LogP contribution in [-0.2, 0) is 13.1 Å². The highest BCUT2D eigenvalue weighted by Gasteiger charge is 2.22. The number of hydrogen-bond acceptors (Lipinski definition) is 5. The first-order chi connectivity index (χ1) is 9.13. The monoisotopic (exact) mass is 261 g/mol. The number of nitrogens with one attached hydrogen (secondary N) is 1. The molecule has 0 saturated heterocycles. The van der Waals surface area contributed by atoms with Crippen LogP contribution in [0.1, 0.15) is 41.5 Å². The van der Waals surface area contributed by atoms with Gasteiger partial charge in [0.2, 0.25) is 5.89 Å². The van der Waals surface area contributed by atoms with E-state index in [4.69, 9.17) is 4.52 Å². The lowest BCUT2D eigenvalue weighted by Crippen LogP contribution is -2.16. The zero-order valence-electron chi connectivity index (χ0n) is 11.6. The van der Waals surface area contributed by atoms with E-state index in [2.05, 4.69) is 27.5 Å². The molecule has 6 nitrogen and oxygen atoms in total. The minimum Gasteiger partial charge on any atom is -0.337 e. The van der Waals surface area contributed by atoms with Gasteiger partial charge in [-0.05, 0) is 33.6 Å². The summed E-state index contributed by atoms with van der Waals surface area (Å²) in [4.78, 5) is 4.22. The van der Waals surface area contributed by atoms with Crippen molar-refractivity contribution in [1.29, 1.82) is 0 Å². The van der Waals surface area contributed by atoms with Crippen LogP contribution in [0.5, 0.6) is 0 Å². The van der Waals surface area contributed by atoms with Crippen LogP contribution in [-0.4, -0.2) is 26.0 Å². The van der Waals surface area contributed by atoms with Gasteiger partial charge in [-0.25, -0.2) is 0 Å². The Bertz CT molecular complexity index is 582. The Hall–Kier alpha value is -1.69. The Morgan fingerprint density at radius 3 is 2.74 bits per heavy atom. The minimum absolute atomic E-state index is 0.539. The van der Waals surface area contributed by atoms with E-state index < -0.39 is 0 Å². The van der Waals surface area contributed by atoms with Gasteiger partial charge in [-0.15, -0.1) is 0 Å². The predicted octanol–water partition coefficient (Wildman–Crippen LogP) is 1.49. The fourth-order valence-corrected chi connectivity index (χ4v) is 2.21. The van der Waals surface area contributed by atoms with E-state index >= 15 is 0 Å². The van der Waals surface area contributed by atoms with Crippen molar-refractivity contribution >= 4 is 0 Å². The minimum atomic E-state index is 0.539. The maximum Gasteiger partial charge on any atom is 0.248 e. The third-order valence-corrected chi connectivity index (χ3v) is 3.53. The highest BCUT2D eigenvalue weighted by atomic mass is 16.5. The van der Waals surface area contributed by atoms with E-state index in [9.17, 15) is 0 Å². The summed E-state index contributed by atoms with van der Waals surface area (Å²) in [6, 6.07) is 0.709. The average Bonchev–Trinajstić information content (AvgIpc) is 3.05. The average molecular weight is 261 g/mol. The van der Waals surface area contributed by atoms with Gasteiger partial charge in [0, 0.05) is 23.8 Å². The summed E-state index contributed by atoms with van der Waals surface area (Å²) in [5.74, 6) is 1.26. The quantitative estimate of drug-likeness (QED) is 0.883. The molecule has 0 spiro atoms. The molecular weight excluding hydrogens is 242 g/mol. The molecule has 2 aromatic rings. The Morgan fingerprint density at radius 1 is 1.32 bits per heavy atom. The fourth-order valence-electron chi connectivity index (χ4n) is 2.21. The van der Waals surface area contributed by atoms with E-state index in [1.165, 1.54) is 24.1 Å². The van der Waals surface area contributed by atoms with Crippen molar-refractivity contribution in [3.63, 3.8) is 0 Å². The molecule has 102 valence electrons. The van der Waals surface area contributed by atoms with Gasteiger partial charge in [-0.1, -0.05) is 5.16 Å². The molecule has 1 N–H and O–H groups in total. The van der Waals surface area contributed by atoms with E-state index in [1.54, 1.807) is 0 Å². The van der Waals surface area contributed by atoms with Gasteiger partial charge in [0.05, 0.1) is 5.69 Å². The summed E-state index contributed by atoms with van der Waals surface area (Å²) < 4.78 is 7.08. The summed E-state index contributed by atoms with van der Waals surface area (Å²) >= 11 is 0. The molecule has 1 saturated carbocycles. The maximum atomic E-state index is 5.14. The normalized spacial score (nSPS) is 15.1. The second-order valence-electron chi connectivity index (χ2n) is 5.20. The molecule has 0 amide bonds. The zero-order chi connectivity index (χ0) is 13.4. The lowest BCUT2D eigenvalue weighted by molar-refractivity contribution is 0.361. The highest BCUT2D eigenvalue weighted by molar-refractivity contribution is 5.24. The molecule has 1 fully saturated rings. The number of aryl methyl sites for hydroxylation is 2. The molecule has 6 heteroatoms. The summed E-state index contributed by atoms with van der Waals surface area (Å²) in [7, 11) is 0. The number of rotatable bonds is 5. The van der Waals surface area contributed by atoms with Gasteiger partial charge in [-0.3, -0.25) is 4.68 Å². The van der Waals surface area contributed by atoms with Crippen molar-refractivity contribution in [2.75, 3.05) is 0 Å². The van der Waals surface area contributed by atoms with Gasteiger partial charge in [0.1, 0.15) is 6.54 Å². The van der Waals surface area contributed by atoms with Crippen LogP contribution >= 0.6 is 0 Å². The molecule has 0 bridgehead atoms. The van der Waals surface area contributed by atoms with Crippen molar-refractivity contribution in [1.82, 2.24) is 25.2 Å². The SMILES string of the molecule is Cc1noc(Cn2nc(C)c(CNC3CC3)c2C)n1. The van der Waals surface area contributed by atoms with Crippen molar-refractivity contribution in [3.05, 3.63) is 28.7 Å². The first-order valence-electron chi connectivity index (χ1n) is 6.69. The summed E-state index contributed by atoms with van der Waals surface area (Å²) in [5.41, 5.74) is 3.52. The van der Waals surface area contributed by atoms with Gasteiger partial charge >= 0.3 is 0 Å². The maximum absolute atomic E-state index is 5.14. The molecule has 3 rings (SSSR count). The van der Waals surface area contributed by atoms with Crippen molar-refractivity contribution in [3.8, 4) is 0 Å². The lowest BCUT2D eigenvalue weighted by atomic mass is 10.2. The van der Waals surface area contributed by atoms with E-state index in [-0.39, 0.29) is 0 Å². The topological polar surface area (TPSA) is 68.8 Å². The second kappa shape index (κ2) is 4.77. The molecule has 1 aliphatic rings. The predicted molar refractivity (Wildman–Crippen MR) is 69.7 cm³/mol. The standard InChI is InChI=1S/C13H19N5O/c1-8-12(6-14-11-4-5-11)9(2)18(16-8)7-13-15-10(3)17-19-13/h11,14H,4-7H2,1-3H3. The molecule has 19 heavy (non-hydrogen) atoms. The van der Waals surface area contributed by atoms with Gasteiger partial charge in [0.25, 0.3) is 0 Å². The molecule has 2 heterocycles. The number of nitrogens with zero attached hydrogens (tertiary/aromatic N) is 4. The van der Waals surface area contributed by atoms with Crippen molar-refractivity contribution < 1.29 is 4.52 Å². The van der Waals surface area contributed by atoms with E-state index in [1.807, 2.05) is 18.5 Å². The molecular formula is C13H19N5O. The first kappa shape index (κ1) is 12.3. The van der Waals surface area contributed by atoms with Crippen LogP contribution < -0.4 is 5.32 Å². The fraction of sp³-hybridized carbons (Fsp3) is 0.615. The molecule has 1 aliphatic carbocycles. The molecule has 0 aromatic carbocycles. The van der Waals surface area contributed by atoms with Gasteiger partial charge < -0.3 is 9.84 Å². The summed E-state index contributed by atoms with van der Waals surface area (Å²) in [5, 5.41) is 11.9. The first-order valence-corrected chi connectivity index (χ1v) is 6.69. The van der Waals surface area contributed by atoms with Crippen LogP contribution in [0.15, 0.2) is 4.52 Å². The summed E-state index contributed by atoms with van der Waals surface area (Å²) in [6.45, 7) is 7.39. The van der Waals surface area contributed by atoms with E-state index in [0.717, 1.165) is 12.2 Å². The molecule has 0 aliphatic heterocycles. The third kappa shape index (κ3) is 2.68. The lowest BCUT2D eigenvalue weighted by Gasteiger charge is -2.04. The van der Waals surface area contributed by atoms with Crippen LogP contribution in [0.25, 0.3) is 0 Å². The van der Waals surface area contributed by atoms with E-state index in [0.29, 0.717) is 24.3 Å². The van der Waals surface area contributed by atoms with Crippen LogP contribution in [0, 0.1) is 20.8 Å². The second-order valence-corrected chi connectivity index (χ2v) is 5.20. The summed E-state index contributed by atoms with van der Waals surface area (Å²) in [6.07, 6.45) is 2.60. The van der Waals surface area contributed by atoms with Crippen LogP contribution in [0.4, 0.5) is 0 Å². The molecule has 0 unspecified atom stereocenters. The smallest absolute Gasteiger partial charge is 0.248 e. The van der Waals surface area contributed by atoms with Crippen molar-refractivity contribution in [2.45, 2.75) is 52.7 Å². The Balaban J connectivity index is 1.75. The Labute approximate surface area is 112 Å². The Kier molecular flexibility index (Phi) is 3.10. The largest absolute Gasteiger partial charge is 0.337 e.